The highest BCUT2D eigenvalue weighted by molar-refractivity contribution is 6.37. The number of ketones is 2. The maximum atomic E-state index is 14.0. The largest absolute Gasteiger partial charge is 0.349 e. The van der Waals surface area contributed by atoms with Crippen LogP contribution in [0.15, 0.2) is 66.7 Å². The fourth-order valence-corrected chi connectivity index (χ4v) is 5.82. The van der Waals surface area contributed by atoms with Gasteiger partial charge >= 0.3 is 0 Å². The molecule has 3 atom stereocenters. The van der Waals surface area contributed by atoms with E-state index >= 15 is 0 Å². The van der Waals surface area contributed by atoms with Crippen LogP contribution in [0.5, 0.6) is 0 Å². The highest BCUT2D eigenvalue weighted by Crippen LogP contribution is 2.58. The van der Waals surface area contributed by atoms with Crippen LogP contribution in [-0.4, -0.2) is 29.0 Å². The molecular formula is C28H20ClNO5. The number of imide groups is 1. The number of aryl methyl sites for hydroxylation is 1. The lowest BCUT2D eigenvalue weighted by Gasteiger charge is -2.28. The number of fused-ring (bicyclic) bond motifs is 3. The molecule has 2 saturated heterocycles. The van der Waals surface area contributed by atoms with Crippen LogP contribution in [0.2, 0.25) is 5.02 Å². The van der Waals surface area contributed by atoms with Gasteiger partial charge < -0.3 is 4.74 Å². The molecule has 174 valence electrons. The topological polar surface area (TPSA) is 80.8 Å². The van der Waals surface area contributed by atoms with Gasteiger partial charge in [0, 0.05) is 16.1 Å². The summed E-state index contributed by atoms with van der Waals surface area (Å²) in [6, 6.07) is 18.8. The Morgan fingerprint density at radius 1 is 0.800 bits per heavy atom. The van der Waals surface area contributed by atoms with E-state index in [0.29, 0.717) is 21.8 Å². The van der Waals surface area contributed by atoms with Crippen molar-refractivity contribution in [2.45, 2.75) is 25.6 Å². The number of halogens is 1. The van der Waals surface area contributed by atoms with Gasteiger partial charge in [-0.2, -0.15) is 0 Å². The zero-order valence-corrected chi connectivity index (χ0v) is 19.7. The van der Waals surface area contributed by atoms with E-state index in [-0.39, 0.29) is 11.1 Å². The average Bonchev–Trinajstić information content (AvgIpc) is 3.42. The van der Waals surface area contributed by atoms with Crippen LogP contribution in [0, 0.1) is 25.7 Å². The molecular weight excluding hydrogens is 466 g/mol. The molecule has 2 aliphatic heterocycles. The van der Waals surface area contributed by atoms with Gasteiger partial charge in [-0.05, 0) is 37.1 Å². The molecule has 0 aromatic heterocycles. The number of rotatable bonds is 2. The Morgan fingerprint density at radius 2 is 1.43 bits per heavy atom. The number of carbonyl (C=O) groups is 4. The van der Waals surface area contributed by atoms with Crippen molar-refractivity contribution in [3.63, 3.8) is 0 Å². The number of anilines is 1. The summed E-state index contributed by atoms with van der Waals surface area (Å²) in [7, 11) is 0. The lowest BCUT2D eigenvalue weighted by Crippen LogP contribution is -2.51. The number of hydrogen-bond acceptors (Lipinski definition) is 5. The van der Waals surface area contributed by atoms with Crippen molar-refractivity contribution in [3.05, 3.63) is 99.6 Å². The third-order valence-electron chi connectivity index (χ3n) is 7.40. The zero-order valence-electron chi connectivity index (χ0n) is 18.9. The minimum atomic E-state index is -2.09. The van der Waals surface area contributed by atoms with E-state index in [1.807, 2.05) is 19.1 Å². The number of hydrogen-bond donors (Lipinski definition) is 0. The molecule has 3 aromatic carbocycles. The lowest BCUT2D eigenvalue weighted by atomic mass is 9.77. The molecule has 2 heterocycles. The van der Waals surface area contributed by atoms with Crippen molar-refractivity contribution in [1.82, 2.24) is 0 Å². The lowest BCUT2D eigenvalue weighted by molar-refractivity contribution is -0.127. The summed E-state index contributed by atoms with van der Waals surface area (Å²) < 4.78 is 6.30. The first-order valence-corrected chi connectivity index (χ1v) is 11.7. The van der Waals surface area contributed by atoms with Crippen molar-refractivity contribution >= 4 is 40.7 Å². The third kappa shape index (κ3) is 2.75. The summed E-state index contributed by atoms with van der Waals surface area (Å²) in [4.78, 5) is 56.5. The maximum Gasteiger partial charge on any atom is 0.241 e. The monoisotopic (exact) mass is 485 g/mol. The standard InChI is InChI=1S/C28H20ClNO5/c1-14-10-12-16(13-11-14)23-21-22(27(34)30(26(21)33)20-9-5-8-19(29)15(20)2)28(35-23)24(31)17-6-3-4-7-18(17)25(28)32/h3-13,21-23H,1-2H3/t21-,22-,23-/m0/s1. The van der Waals surface area contributed by atoms with E-state index in [2.05, 4.69) is 0 Å². The third-order valence-corrected chi connectivity index (χ3v) is 7.81. The molecule has 1 aliphatic carbocycles. The van der Waals surface area contributed by atoms with Crippen LogP contribution >= 0.6 is 11.6 Å². The number of benzene rings is 3. The van der Waals surface area contributed by atoms with Gasteiger partial charge in [-0.25, -0.2) is 4.90 Å². The molecule has 0 saturated carbocycles. The van der Waals surface area contributed by atoms with Gasteiger partial charge in [0.15, 0.2) is 0 Å². The molecule has 2 amide bonds. The second kappa shape index (κ2) is 7.44. The van der Waals surface area contributed by atoms with Gasteiger partial charge in [0.1, 0.15) is 0 Å². The Labute approximate surface area is 206 Å². The van der Waals surface area contributed by atoms with Crippen molar-refractivity contribution in [2.75, 3.05) is 4.90 Å². The Morgan fingerprint density at radius 3 is 2.06 bits per heavy atom. The summed E-state index contributed by atoms with van der Waals surface area (Å²) in [5.41, 5.74) is 0.864. The minimum Gasteiger partial charge on any atom is -0.349 e. The predicted octanol–water partition coefficient (Wildman–Crippen LogP) is 4.65. The first-order chi connectivity index (χ1) is 16.8. The Bertz CT molecular complexity index is 1430. The Kier molecular flexibility index (Phi) is 4.66. The molecule has 0 radical (unpaired) electrons. The van der Waals surface area contributed by atoms with Gasteiger partial charge in [0.2, 0.25) is 29.0 Å². The van der Waals surface area contributed by atoms with Gasteiger partial charge in [-0.1, -0.05) is 71.8 Å². The molecule has 6 rings (SSSR count). The van der Waals surface area contributed by atoms with E-state index in [1.165, 1.54) is 0 Å². The summed E-state index contributed by atoms with van der Waals surface area (Å²) in [6.07, 6.45) is -0.941. The predicted molar refractivity (Wildman–Crippen MR) is 129 cm³/mol. The Hall–Kier alpha value is -3.61. The first-order valence-electron chi connectivity index (χ1n) is 11.3. The second-order valence-corrected chi connectivity index (χ2v) is 9.70. The van der Waals surface area contributed by atoms with E-state index in [1.54, 1.807) is 61.5 Å². The van der Waals surface area contributed by atoms with Crippen molar-refractivity contribution < 1.29 is 23.9 Å². The van der Waals surface area contributed by atoms with Crippen LogP contribution in [0.25, 0.3) is 0 Å². The molecule has 3 aromatic rings. The normalized spacial score (nSPS) is 24.4. The highest BCUT2D eigenvalue weighted by Gasteiger charge is 2.74. The highest BCUT2D eigenvalue weighted by atomic mass is 35.5. The fourth-order valence-electron chi connectivity index (χ4n) is 5.65. The van der Waals surface area contributed by atoms with E-state index < -0.39 is 46.9 Å². The van der Waals surface area contributed by atoms with E-state index in [9.17, 15) is 19.2 Å². The SMILES string of the molecule is Cc1ccc([C@@H]2OC3(C(=O)c4ccccc4C3=O)[C@@H]3C(=O)N(c4cccc(Cl)c4C)C(=O)[C@@H]32)cc1. The van der Waals surface area contributed by atoms with Crippen LogP contribution < -0.4 is 4.90 Å². The summed E-state index contributed by atoms with van der Waals surface area (Å²) in [6.45, 7) is 3.65. The molecule has 0 unspecified atom stereocenters. The van der Waals surface area contributed by atoms with Crippen LogP contribution in [0.4, 0.5) is 5.69 Å². The van der Waals surface area contributed by atoms with E-state index in [0.717, 1.165) is 10.5 Å². The number of Topliss-reactive ketones (excluding diaryl/α,β-unsaturated/α-hetero) is 2. The minimum absolute atomic E-state index is 0.207. The number of amides is 2. The first kappa shape index (κ1) is 21.9. The van der Waals surface area contributed by atoms with Crippen molar-refractivity contribution in [1.29, 1.82) is 0 Å². The van der Waals surface area contributed by atoms with Crippen molar-refractivity contribution in [2.24, 2.45) is 11.8 Å². The fraction of sp³-hybridized carbons (Fsp3) is 0.214. The molecule has 6 nitrogen and oxygen atoms in total. The molecule has 0 N–H and O–H groups in total. The maximum absolute atomic E-state index is 14.0. The van der Waals surface area contributed by atoms with Gasteiger partial charge in [0.25, 0.3) is 0 Å². The molecule has 0 bridgehead atoms. The second-order valence-electron chi connectivity index (χ2n) is 9.29. The zero-order chi connectivity index (χ0) is 24.6. The van der Waals surface area contributed by atoms with Crippen LogP contribution in [0.1, 0.15) is 43.5 Å². The molecule has 2 fully saturated rings. The molecule has 7 heteroatoms. The number of carbonyl (C=O) groups excluding carboxylic acids is 4. The summed E-state index contributed by atoms with van der Waals surface area (Å²) in [5.74, 6) is -4.61. The molecule has 1 spiro atoms. The average molecular weight is 486 g/mol. The molecule has 3 aliphatic rings. The van der Waals surface area contributed by atoms with Gasteiger partial charge in [0.05, 0.1) is 23.6 Å². The van der Waals surface area contributed by atoms with Crippen LogP contribution in [0.3, 0.4) is 0 Å². The van der Waals surface area contributed by atoms with E-state index in [4.69, 9.17) is 16.3 Å². The van der Waals surface area contributed by atoms with Gasteiger partial charge in [-0.3, -0.25) is 19.2 Å². The Balaban J connectivity index is 1.56. The smallest absolute Gasteiger partial charge is 0.241 e. The quantitative estimate of drug-likeness (QED) is 0.390. The van der Waals surface area contributed by atoms with Gasteiger partial charge in [-0.15, -0.1) is 0 Å². The molecule has 35 heavy (non-hydrogen) atoms. The number of nitrogens with zero attached hydrogens (tertiary/aromatic N) is 1. The number of ether oxygens (including phenoxy) is 1. The summed E-state index contributed by atoms with van der Waals surface area (Å²) in [5, 5.41) is 0.404. The van der Waals surface area contributed by atoms with Crippen LogP contribution in [-0.2, 0) is 14.3 Å². The summed E-state index contributed by atoms with van der Waals surface area (Å²) >= 11 is 6.29. The van der Waals surface area contributed by atoms with Crippen molar-refractivity contribution in [3.8, 4) is 0 Å².